The minimum absolute atomic E-state index is 0.138. The standard InChI is InChI=1S/C17H24N4O2/c1-13(2)9-14(5-8-22)10-20-17(23)15-3-4-16(19-11-15)21-7-6-18-12-21/h3-4,6-7,11-14,22H,5,8-10H2,1-2H3,(H,20,23). The third-order valence-corrected chi connectivity index (χ3v) is 3.67. The largest absolute Gasteiger partial charge is 0.396 e. The molecule has 124 valence electrons. The number of carbonyl (C=O) groups excluding carboxylic acids is 1. The second-order valence-electron chi connectivity index (χ2n) is 6.09. The molecule has 1 atom stereocenters. The molecule has 2 aromatic rings. The molecule has 0 saturated carbocycles. The number of aromatic nitrogens is 3. The van der Waals surface area contributed by atoms with Crippen molar-refractivity contribution in [2.45, 2.75) is 26.7 Å². The third kappa shape index (κ3) is 5.17. The molecule has 0 aliphatic rings. The van der Waals surface area contributed by atoms with E-state index in [1.54, 1.807) is 41.6 Å². The van der Waals surface area contributed by atoms with Crippen LogP contribution in [0.5, 0.6) is 0 Å². The SMILES string of the molecule is CC(C)CC(CCO)CNC(=O)c1ccc(-n2ccnc2)nc1. The molecule has 23 heavy (non-hydrogen) atoms. The van der Waals surface area contributed by atoms with Crippen molar-refractivity contribution in [1.82, 2.24) is 19.9 Å². The molecule has 0 bridgehead atoms. The molecule has 2 N–H and O–H groups in total. The molecule has 0 aliphatic heterocycles. The monoisotopic (exact) mass is 316 g/mol. The van der Waals surface area contributed by atoms with Crippen LogP contribution in [0.15, 0.2) is 37.1 Å². The summed E-state index contributed by atoms with van der Waals surface area (Å²) < 4.78 is 1.78. The lowest BCUT2D eigenvalue weighted by Crippen LogP contribution is -2.30. The molecule has 0 radical (unpaired) electrons. The predicted molar refractivity (Wildman–Crippen MR) is 88.3 cm³/mol. The van der Waals surface area contributed by atoms with Crippen molar-refractivity contribution in [1.29, 1.82) is 0 Å². The van der Waals surface area contributed by atoms with Crippen LogP contribution in [0.25, 0.3) is 5.82 Å². The maximum absolute atomic E-state index is 12.2. The molecule has 0 fully saturated rings. The lowest BCUT2D eigenvalue weighted by molar-refractivity contribution is 0.0941. The van der Waals surface area contributed by atoms with Gasteiger partial charge in [-0.3, -0.25) is 9.36 Å². The van der Waals surface area contributed by atoms with Gasteiger partial charge in [0.2, 0.25) is 0 Å². The minimum Gasteiger partial charge on any atom is -0.396 e. The van der Waals surface area contributed by atoms with E-state index in [-0.39, 0.29) is 12.5 Å². The molecule has 2 heterocycles. The van der Waals surface area contributed by atoms with Crippen LogP contribution in [0.3, 0.4) is 0 Å². The molecule has 0 saturated heterocycles. The quantitative estimate of drug-likeness (QED) is 0.781. The predicted octanol–water partition coefficient (Wildman–Crippen LogP) is 2.04. The van der Waals surface area contributed by atoms with E-state index >= 15 is 0 Å². The molecule has 1 unspecified atom stereocenters. The van der Waals surface area contributed by atoms with E-state index in [0.717, 1.165) is 12.2 Å². The Kier molecular flexibility index (Phi) is 6.29. The van der Waals surface area contributed by atoms with Gasteiger partial charge >= 0.3 is 0 Å². The van der Waals surface area contributed by atoms with Crippen molar-refractivity contribution in [3.8, 4) is 5.82 Å². The number of imidazole rings is 1. The topological polar surface area (TPSA) is 80.0 Å². The molecule has 0 spiro atoms. The Bertz CT molecular complexity index is 594. The highest BCUT2D eigenvalue weighted by atomic mass is 16.3. The highest BCUT2D eigenvalue weighted by Crippen LogP contribution is 2.14. The first-order valence-corrected chi connectivity index (χ1v) is 7.93. The van der Waals surface area contributed by atoms with Gasteiger partial charge in [-0.15, -0.1) is 0 Å². The molecule has 0 aromatic carbocycles. The minimum atomic E-state index is -0.138. The Labute approximate surface area is 136 Å². The average molecular weight is 316 g/mol. The second kappa shape index (κ2) is 8.43. The van der Waals surface area contributed by atoms with Gasteiger partial charge in [-0.25, -0.2) is 9.97 Å². The van der Waals surface area contributed by atoms with Gasteiger partial charge in [0.1, 0.15) is 12.1 Å². The number of aliphatic hydroxyl groups is 1. The number of nitrogens with one attached hydrogen (secondary N) is 1. The van der Waals surface area contributed by atoms with Gasteiger partial charge in [-0.1, -0.05) is 13.8 Å². The van der Waals surface area contributed by atoms with Gasteiger partial charge in [0.15, 0.2) is 0 Å². The first kappa shape index (κ1) is 17.1. The number of hydrogen-bond acceptors (Lipinski definition) is 4. The molecule has 0 aliphatic carbocycles. The lowest BCUT2D eigenvalue weighted by atomic mass is 9.94. The summed E-state index contributed by atoms with van der Waals surface area (Å²) in [6, 6.07) is 3.54. The van der Waals surface area contributed by atoms with E-state index in [1.165, 1.54) is 0 Å². The highest BCUT2D eigenvalue weighted by Gasteiger charge is 2.13. The molecular formula is C17H24N4O2. The van der Waals surface area contributed by atoms with Crippen LogP contribution in [0, 0.1) is 11.8 Å². The van der Waals surface area contributed by atoms with Crippen LogP contribution in [0.1, 0.15) is 37.0 Å². The summed E-state index contributed by atoms with van der Waals surface area (Å²) in [5, 5.41) is 12.1. The van der Waals surface area contributed by atoms with Crippen LogP contribution >= 0.6 is 0 Å². The van der Waals surface area contributed by atoms with E-state index in [9.17, 15) is 4.79 Å². The van der Waals surface area contributed by atoms with Crippen molar-refractivity contribution in [2.75, 3.05) is 13.2 Å². The van der Waals surface area contributed by atoms with Crippen molar-refractivity contribution < 1.29 is 9.90 Å². The van der Waals surface area contributed by atoms with Gasteiger partial charge in [0.05, 0.1) is 5.56 Å². The summed E-state index contributed by atoms with van der Waals surface area (Å²) in [7, 11) is 0. The van der Waals surface area contributed by atoms with Crippen LogP contribution in [-0.2, 0) is 0 Å². The summed E-state index contributed by atoms with van der Waals surface area (Å²) in [6.07, 6.45) is 8.39. The lowest BCUT2D eigenvalue weighted by Gasteiger charge is -2.18. The number of rotatable bonds is 8. The van der Waals surface area contributed by atoms with Gasteiger partial charge in [0.25, 0.3) is 5.91 Å². The first-order valence-electron chi connectivity index (χ1n) is 7.93. The summed E-state index contributed by atoms with van der Waals surface area (Å²) in [5.74, 6) is 1.42. The van der Waals surface area contributed by atoms with Crippen LogP contribution in [-0.4, -0.2) is 38.7 Å². The summed E-state index contributed by atoms with van der Waals surface area (Å²) in [6.45, 7) is 5.01. The second-order valence-corrected chi connectivity index (χ2v) is 6.09. The number of nitrogens with zero attached hydrogens (tertiary/aromatic N) is 3. The van der Waals surface area contributed by atoms with Gasteiger partial charge in [-0.2, -0.15) is 0 Å². The molecular weight excluding hydrogens is 292 g/mol. The molecule has 6 heteroatoms. The molecule has 1 amide bonds. The molecule has 2 aromatic heterocycles. The van der Waals surface area contributed by atoms with Crippen LogP contribution in [0.4, 0.5) is 0 Å². The Morgan fingerprint density at radius 1 is 1.39 bits per heavy atom. The van der Waals surface area contributed by atoms with Crippen molar-refractivity contribution in [2.24, 2.45) is 11.8 Å². The zero-order valence-electron chi connectivity index (χ0n) is 13.6. The average Bonchev–Trinajstić information content (AvgIpc) is 3.06. The Morgan fingerprint density at radius 3 is 2.78 bits per heavy atom. The highest BCUT2D eigenvalue weighted by molar-refractivity contribution is 5.93. The fourth-order valence-electron chi connectivity index (χ4n) is 2.56. The fourth-order valence-corrected chi connectivity index (χ4v) is 2.56. The van der Waals surface area contributed by atoms with E-state index in [1.807, 2.05) is 0 Å². The maximum atomic E-state index is 12.2. The van der Waals surface area contributed by atoms with Crippen LogP contribution in [0.2, 0.25) is 0 Å². The third-order valence-electron chi connectivity index (χ3n) is 3.67. The maximum Gasteiger partial charge on any atom is 0.252 e. The normalized spacial score (nSPS) is 12.3. The van der Waals surface area contributed by atoms with Gasteiger partial charge in [0, 0.05) is 31.7 Å². The van der Waals surface area contributed by atoms with E-state index < -0.39 is 0 Å². The first-order chi connectivity index (χ1) is 11.1. The molecule has 2 rings (SSSR count). The van der Waals surface area contributed by atoms with Crippen molar-refractivity contribution >= 4 is 5.91 Å². The summed E-state index contributed by atoms with van der Waals surface area (Å²) in [4.78, 5) is 20.4. The fraction of sp³-hybridized carbons (Fsp3) is 0.471. The summed E-state index contributed by atoms with van der Waals surface area (Å²) in [5.41, 5.74) is 0.529. The van der Waals surface area contributed by atoms with E-state index in [2.05, 4.69) is 29.1 Å². The number of aliphatic hydroxyl groups excluding tert-OH is 1. The van der Waals surface area contributed by atoms with E-state index in [0.29, 0.717) is 30.4 Å². The van der Waals surface area contributed by atoms with Crippen LogP contribution < -0.4 is 5.32 Å². The van der Waals surface area contributed by atoms with E-state index in [4.69, 9.17) is 5.11 Å². The van der Waals surface area contributed by atoms with Crippen molar-refractivity contribution in [3.63, 3.8) is 0 Å². The zero-order valence-corrected chi connectivity index (χ0v) is 13.6. The number of pyridine rings is 1. The van der Waals surface area contributed by atoms with Crippen molar-refractivity contribution in [3.05, 3.63) is 42.6 Å². The number of amides is 1. The zero-order chi connectivity index (χ0) is 16.7. The molecule has 6 nitrogen and oxygen atoms in total. The Balaban J connectivity index is 1.92. The number of hydrogen-bond donors (Lipinski definition) is 2. The van der Waals surface area contributed by atoms with Gasteiger partial charge < -0.3 is 10.4 Å². The Morgan fingerprint density at radius 2 is 2.22 bits per heavy atom. The summed E-state index contributed by atoms with van der Waals surface area (Å²) >= 11 is 0. The van der Waals surface area contributed by atoms with Gasteiger partial charge in [-0.05, 0) is 36.8 Å². The Hall–Kier alpha value is -2.21. The smallest absolute Gasteiger partial charge is 0.252 e. The number of carbonyl (C=O) groups is 1.